The van der Waals surface area contributed by atoms with Gasteiger partial charge >= 0.3 is 12.1 Å². The minimum atomic E-state index is -0.282. The largest absolute Gasteiger partial charge is 0.378 e. The Morgan fingerprint density at radius 1 is 0.286 bits per heavy atom. The van der Waals surface area contributed by atoms with Crippen LogP contribution in [0.4, 0.5) is 43.7 Å². The van der Waals surface area contributed by atoms with Crippen molar-refractivity contribution in [3.63, 3.8) is 0 Å². The summed E-state index contributed by atoms with van der Waals surface area (Å²) in [4.78, 5) is 33.9. The summed E-state index contributed by atoms with van der Waals surface area (Å²) in [6, 6.07) is 72.8. The molecule has 356 valence electrons. The molecule has 8 aromatic carbocycles. The molecule has 0 atom stereocenters. The first kappa shape index (κ1) is 49.7. The van der Waals surface area contributed by atoms with Crippen LogP contribution in [0.1, 0.15) is 33.4 Å². The number of nitrogens with one attached hydrogen (secondary N) is 4. The molecule has 0 aromatic heterocycles. The van der Waals surface area contributed by atoms with Crippen LogP contribution in [0.2, 0.25) is 0 Å². The van der Waals surface area contributed by atoms with Gasteiger partial charge in [0.1, 0.15) is 0 Å². The standard InChI is InChI=1S/C35H33N5O2.C25H31N3/c41-34(36-30-12-6-2-7-13-30)38-32-20-16-28(17-21-32)25-40(24-27-10-4-1-5-11-27)26-29-18-22-33(23-19-29)39-35(42)37-31-14-8-3-9-15-31;1-26(2)24-14-10-22(11-15-24)19-28(18-21-8-6-5-7-9-21)20-23-12-16-25(17-13-23)27(3)4/h1-23H,24-26H2,(H2,36,38,41)(H2,37,39,42);5-17H,18-20H2,1-4H3. The van der Waals surface area contributed by atoms with Crippen LogP contribution < -0.4 is 31.1 Å². The van der Waals surface area contributed by atoms with Crippen molar-refractivity contribution in [2.45, 2.75) is 39.3 Å². The maximum atomic E-state index is 12.4. The third-order valence-corrected chi connectivity index (χ3v) is 11.5. The molecule has 0 spiro atoms. The molecule has 10 heteroatoms. The maximum Gasteiger partial charge on any atom is 0.323 e. The Kier molecular flexibility index (Phi) is 18.3. The Bertz CT molecular complexity index is 2620. The molecular weight excluding hydrogens is 865 g/mol. The SMILES string of the molecule is CN(C)c1ccc(CN(Cc2ccccc2)Cc2ccc(N(C)C)cc2)cc1.O=C(Nc1ccccc1)Nc1ccc(CN(Cc2ccccc2)Cc2ccc(NC(=O)Nc3ccccc3)cc2)cc1. The smallest absolute Gasteiger partial charge is 0.323 e. The van der Waals surface area contributed by atoms with Crippen LogP contribution in [-0.4, -0.2) is 50.1 Å². The quantitative estimate of drug-likeness (QED) is 0.0685. The second kappa shape index (κ2) is 25.8. The number of carbonyl (C=O) groups is 2. The van der Waals surface area contributed by atoms with E-state index >= 15 is 0 Å². The summed E-state index contributed by atoms with van der Waals surface area (Å²) in [5, 5.41) is 11.4. The van der Waals surface area contributed by atoms with Gasteiger partial charge in [0, 0.05) is 102 Å². The van der Waals surface area contributed by atoms with Gasteiger partial charge in [-0.3, -0.25) is 9.80 Å². The van der Waals surface area contributed by atoms with Crippen molar-refractivity contribution < 1.29 is 9.59 Å². The molecule has 0 bridgehead atoms. The molecule has 8 rings (SSSR count). The van der Waals surface area contributed by atoms with Crippen LogP contribution in [0.3, 0.4) is 0 Å². The lowest BCUT2D eigenvalue weighted by atomic mass is 10.1. The van der Waals surface area contributed by atoms with E-state index in [1.54, 1.807) is 0 Å². The number of urea groups is 2. The number of anilines is 6. The fraction of sp³-hybridized carbons (Fsp3) is 0.167. The molecule has 0 saturated carbocycles. The number of hydrogen-bond donors (Lipinski definition) is 4. The second-order valence-corrected chi connectivity index (χ2v) is 17.7. The van der Waals surface area contributed by atoms with Crippen molar-refractivity contribution in [1.82, 2.24) is 9.80 Å². The molecule has 8 aromatic rings. The van der Waals surface area contributed by atoms with Crippen LogP contribution in [0.25, 0.3) is 0 Å². The van der Waals surface area contributed by atoms with Crippen molar-refractivity contribution in [2.75, 3.05) is 59.3 Å². The normalized spacial score (nSPS) is 10.7. The Morgan fingerprint density at radius 3 is 0.757 bits per heavy atom. The Balaban J connectivity index is 0.000000224. The third-order valence-electron chi connectivity index (χ3n) is 11.5. The first-order valence-electron chi connectivity index (χ1n) is 23.6. The van der Waals surface area contributed by atoms with E-state index < -0.39 is 0 Å². The molecule has 0 aliphatic carbocycles. The van der Waals surface area contributed by atoms with Gasteiger partial charge in [0.15, 0.2) is 0 Å². The summed E-state index contributed by atoms with van der Waals surface area (Å²) in [5.41, 5.74) is 12.9. The fourth-order valence-electron chi connectivity index (χ4n) is 7.87. The van der Waals surface area contributed by atoms with Crippen LogP contribution in [0, 0.1) is 0 Å². The highest BCUT2D eigenvalue weighted by Gasteiger charge is 2.12. The summed E-state index contributed by atoms with van der Waals surface area (Å²) < 4.78 is 0. The molecule has 0 radical (unpaired) electrons. The van der Waals surface area contributed by atoms with Gasteiger partial charge in [-0.2, -0.15) is 0 Å². The maximum absolute atomic E-state index is 12.4. The molecule has 0 aliphatic heterocycles. The molecule has 70 heavy (non-hydrogen) atoms. The molecular formula is C60H64N8O2. The van der Waals surface area contributed by atoms with E-state index in [9.17, 15) is 9.59 Å². The average molecular weight is 929 g/mol. The third kappa shape index (κ3) is 16.6. The number of hydrogen-bond acceptors (Lipinski definition) is 6. The van der Waals surface area contributed by atoms with Crippen molar-refractivity contribution in [1.29, 1.82) is 0 Å². The average Bonchev–Trinajstić information content (AvgIpc) is 3.37. The van der Waals surface area contributed by atoms with E-state index in [0.29, 0.717) is 0 Å². The summed E-state index contributed by atoms with van der Waals surface area (Å²) >= 11 is 0. The van der Waals surface area contributed by atoms with Crippen LogP contribution in [0.5, 0.6) is 0 Å². The second-order valence-electron chi connectivity index (χ2n) is 17.7. The van der Waals surface area contributed by atoms with Gasteiger partial charge < -0.3 is 31.1 Å². The number of para-hydroxylation sites is 2. The van der Waals surface area contributed by atoms with Gasteiger partial charge in [-0.05, 0) is 106 Å². The summed E-state index contributed by atoms with van der Waals surface area (Å²) in [6.07, 6.45) is 0. The highest BCUT2D eigenvalue weighted by molar-refractivity contribution is 6.00. The zero-order valence-electron chi connectivity index (χ0n) is 40.6. The monoisotopic (exact) mass is 929 g/mol. The van der Waals surface area contributed by atoms with Crippen molar-refractivity contribution in [2.24, 2.45) is 0 Å². The first-order chi connectivity index (χ1) is 34.1. The zero-order valence-corrected chi connectivity index (χ0v) is 40.6. The predicted molar refractivity (Wildman–Crippen MR) is 291 cm³/mol. The molecule has 4 amide bonds. The Hall–Kier alpha value is -8.18. The zero-order chi connectivity index (χ0) is 48.9. The van der Waals surface area contributed by atoms with Crippen molar-refractivity contribution in [3.8, 4) is 0 Å². The molecule has 0 aliphatic rings. The molecule has 4 N–H and O–H groups in total. The van der Waals surface area contributed by atoms with Crippen LogP contribution in [0.15, 0.2) is 218 Å². The Labute approximate surface area is 414 Å². The lowest BCUT2D eigenvalue weighted by molar-refractivity contribution is 0.247. The minimum Gasteiger partial charge on any atom is -0.378 e. The number of amides is 4. The van der Waals surface area contributed by atoms with Gasteiger partial charge in [0.05, 0.1) is 0 Å². The van der Waals surface area contributed by atoms with Crippen molar-refractivity contribution in [3.05, 3.63) is 252 Å². The van der Waals surface area contributed by atoms with E-state index in [4.69, 9.17) is 0 Å². The molecule has 0 saturated heterocycles. The van der Waals surface area contributed by atoms with Gasteiger partial charge in [-0.25, -0.2) is 9.59 Å². The van der Waals surface area contributed by atoms with Crippen LogP contribution >= 0.6 is 0 Å². The Morgan fingerprint density at radius 2 is 0.500 bits per heavy atom. The fourth-order valence-corrected chi connectivity index (χ4v) is 7.87. The summed E-state index contributed by atoms with van der Waals surface area (Å²) in [6.45, 7) is 5.03. The van der Waals surface area contributed by atoms with E-state index in [2.05, 4.69) is 172 Å². The number of nitrogens with zero attached hydrogens (tertiary/aromatic N) is 4. The van der Waals surface area contributed by atoms with E-state index in [0.717, 1.165) is 73.1 Å². The summed E-state index contributed by atoms with van der Waals surface area (Å²) in [5.74, 6) is 0. The number of rotatable bonds is 18. The van der Waals surface area contributed by atoms with E-state index in [-0.39, 0.29) is 12.1 Å². The number of benzene rings is 8. The van der Waals surface area contributed by atoms with Crippen molar-refractivity contribution >= 4 is 46.2 Å². The number of carbonyl (C=O) groups excluding carboxylic acids is 2. The van der Waals surface area contributed by atoms with Gasteiger partial charge in [0.2, 0.25) is 0 Å². The van der Waals surface area contributed by atoms with Gasteiger partial charge in [-0.1, -0.05) is 146 Å². The molecule has 0 unspecified atom stereocenters. The van der Waals surface area contributed by atoms with Crippen LogP contribution in [-0.2, 0) is 39.3 Å². The molecule has 0 heterocycles. The highest BCUT2D eigenvalue weighted by atomic mass is 16.2. The van der Waals surface area contributed by atoms with Gasteiger partial charge in [-0.15, -0.1) is 0 Å². The first-order valence-corrected chi connectivity index (χ1v) is 23.6. The molecule has 0 fully saturated rings. The topological polar surface area (TPSA) is 95.2 Å². The minimum absolute atomic E-state index is 0.282. The van der Waals surface area contributed by atoms with E-state index in [1.807, 2.05) is 115 Å². The van der Waals surface area contributed by atoms with E-state index in [1.165, 1.54) is 33.6 Å². The highest BCUT2D eigenvalue weighted by Crippen LogP contribution is 2.21. The lowest BCUT2D eigenvalue weighted by Gasteiger charge is -2.24. The summed E-state index contributed by atoms with van der Waals surface area (Å²) in [7, 11) is 8.31. The lowest BCUT2D eigenvalue weighted by Crippen LogP contribution is -2.23. The molecule has 10 nitrogen and oxygen atoms in total. The predicted octanol–water partition coefficient (Wildman–Crippen LogP) is 13.2. The van der Waals surface area contributed by atoms with Gasteiger partial charge in [0.25, 0.3) is 0 Å².